The largest absolute Gasteiger partial charge is 0.390 e. The molecule has 0 aromatic rings. The predicted molar refractivity (Wildman–Crippen MR) is 74.1 cm³/mol. The minimum absolute atomic E-state index is 0.00863. The summed E-state index contributed by atoms with van der Waals surface area (Å²) in [6, 6.07) is 0. The van der Waals surface area contributed by atoms with Gasteiger partial charge in [-0.2, -0.15) is 0 Å². The Kier molecular flexibility index (Phi) is 3.27. The molecule has 0 radical (unpaired) electrons. The van der Waals surface area contributed by atoms with E-state index in [4.69, 9.17) is 4.74 Å². The Hall–Kier alpha value is -0.450. The molecule has 2 bridgehead atoms. The number of aliphatic hydroxyl groups excluding tert-OH is 1. The quantitative estimate of drug-likeness (QED) is 0.709. The summed E-state index contributed by atoms with van der Waals surface area (Å²) in [7, 11) is 0. The summed E-state index contributed by atoms with van der Waals surface area (Å²) in [6.07, 6.45) is 2.60. The lowest BCUT2D eigenvalue weighted by Gasteiger charge is -2.36. The molecule has 0 spiro atoms. The van der Waals surface area contributed by atoms with Gasteiger partial charge in [0.2, 0.25) is 0 Å². The van der Waals surface area contributed by atoms with E-state index in [0.717, 1.165) is 19.3 Å². The number of carbonyl (C=O) groups is 1. The van der Waals surface area contributed by atoms with Gasteiger partial charge in [0.25, 0.3) is 0 Å². The molecule has 3 aliphatic rings. The van der Waals surface area contributed by atoms with Crippen molar-refractivity contribution in [3.05, 3.63) is 0 Å². The molecule has 3 rings (SSSR count). The van der Waals surface area contributed by atoms with Crippen LogP contribution in [0.25, 0.3) is 0 Å². The van der Waals surface area contributed by atoms with E-state index in [-0.39, 0.29) is 29.6 Å². The van der Waals surface area contributed by atoms with E-state index in [1.165, 1.54) is 0 Å². The maximum atomic E-state index is 12.1. The van der Waals surface area contributed by atoms with Crippen molar-refractivity contribution in [1.29, 1.82) is 0 Å². The van der Waals surface area contributed by atoms with Crippen LogP contribution in [0, 0.1) is 17.8 Å². The monoisotopic (exact) mass is 282 g/mol. The number of rotatable bonds is 0. The van der Waals surface area contributed by atoms with Gasteiger partial charge in [-0.05, 0) is 51.4 Å². The molecule has 4 heteroatoms. The van der Waals surface area contributed by atoms with Crippen LogP contribution in [-0.4, -0.2) is 39.4 Å². The Morgan fingerprint density at radius 2 is 1.90 bits per heavy atom. The van der Waals surface area contributed by atoms with E-state index in [0.29, 0.717) is 12.8 Å². The first kappa shape index (κ1) is 14.5. The van der Waals surface area contributed by atoms with Crippen LogP contribution in [0.5, 0.6) is 0 Å². The van der Waals surface area contributed by atoms with Gasteiger partial charge in [0, 0.05) is 12.3 Å². The van der Waals surface area contributed by atoms with Gasteiger partial charge in [0.1, 0.15) is 5.78 Å². The van der Waals surface area contributed by atoms with Crippen LogP contribution in [-0.2, 0) is 9.53 Å². The lowest BCUT2D eigenvalue weighted by molar-refractivity contribution is -0.165. The zero-order valence-corrected chi connectivity index (χ0v) is 12.6. The van der Waals surface area contributed by atoms with E-state index in [1.807, 2.05) is 20.8 Å². The smallest absolute Gasteiger partial charge is 0.136 e. The Morgan fingerprint density at radius 3 is 2.60 bits per heavy atom. The third kappa shape index (κ3) is 2.04. The van der Waals surface area contributed by atoms with E-state index in [9.17, 15) is 15.0 Å². The number of aliphatic hydroxyl groups is 2. The normalized spacial score (nSPS) is 56.0. The van der Waals surface area contributed by atoms with Crippen molar-refractivity contribution in [2.45, 2.75) is 76.3 Å². The van der Waals surface area contributed by atoms with Gasteiger partial charge >= 0.3 is 0 Å². The molecule has 114 valence electrons. The van der Waals surface area contributed by atoms with E-state index < -0.39 is 17.3 Å². The standard InChI is InChI=1S/C16H26O4/c1-9-10-4-6-15(2,19)13-5-7-16(3,20-13)14(18)11(10)8-12(9)17/h9-11,13-14,18-19H,4-8H2,1-3H3/t9-,10-,11-,13+,14+,15+,16-/m0/s1. The van der Waals surface area contributed by atoms with Crippen LogP contribution in [0.15, 0.2) is 0 Å². The molecule has 2 saturated heterocycles. The van der Waals surface area contributed by atoms with Crippen molar-refractivity contribution in [1.82, 2.24) is 0 Å². The average molecular weight is 282 g/mol. The molecule has 3 fully saturated rings. The molecule has 2 N–H and O–H groups in total. The van der Waals surface area contributed by atoms with Crippen molar-refractivity contribution >= 4 is 5.78 Å². The Balaban J connectivity index is 1.96. The molecule has 1 aliphatic carbocycles. The summed E-state index contributed by atoms with van der Waals surface area (Å²) >= 11 is 0. The second kappa shape index (κ2) is 4.52. The van der Waals surface area contributed by atoms with Gasteiger partial charge < -0.3 is 14.9 Å². The third-order valence-corrected chi connectivity index (χ3v) is 6.16. The molecule has 2 aliphatic heterocycles. The van der Waals surface area contributed by atoms with Crippen LogP contribution in [0.1, 0.15) is 52.9 Å². The molecule has 4 nitrogen and oxygen atoms in total. The number of hydrogen-bond donors (Lipinski definition) is 2. The van der Waals surface area contributed by atoms with Crippen molar-refractivity contribution in [3.63, 3.8) is 0 Å². The highest BCUT2D eigenvalue weighted by Crippen LogP contribution is 2.49. The van der Waals surface area contributed by atoms with Crippen molar-refractivity contribution in [2.24, 2.45) is 17.8 Å². The van der Waals surface area contributed by atoms with Gasteiger partial charge in [-0.15, -0.1) is 0 Å². The number of carbonyl (C=O) groups excluding carboxylic acids is 1. The minimum atomic E-state index is -0.863. The summed E-state index contributed by atoms with van der Waals surface area (Å²) < 4.78 is 6.06. The van der Waals surface area contributed by atoms with Crippen molar-refractivity contribution < 1.29 is 19.7 Å². The lowest BCUT2D eigenvalue weighted by atomic mass is 9.74. The van der Waals surface area contributed by atoms with Crippen molar-refractivity contribution in [3.8, 4) is 0 Å². The van der Waals surface area contributed by atoms with Gasteiger partial charge in [-0.3, -0.25) is 4.79 Å². The number of Topliss-reactive ketones (excluding diaryl/α,β-unsaturated/α-hetero) is 1. The Labute approximate surface area is 120 Å². The zero-order valence-electron chi connectivity index (χ0n) is 12.6. The van der Waals surface area contributed by atoms with Gasteiger partial charge in [-0.1, -0.05) is 6.92 Å². The first-order chi connectivity index (χ1) is 9.24. The molecule has 0 aromatic carbocycles. The second-order valence-electron chi connectivity index (χ2n) is 7.59. The predicted octanol–water partition coefficient (Wildman–Crippen LogP) is 1.67. The fourth-order valence-electron chi connectivity index (χ4n) is 4.58. The molecule has 0 amide bonds. The topological polar surface area (TPSA) is 66.8 Å². The van der Waals surface area contributed by atoms with Crippen molar-refractivity contribution in [2.75, 3.05) is 0 Å². The summed E-state index contributed by atoms with van der Waals surface area (Å²) in [6.45, 7) is 5.73. The fraction of sp³-hybridized carbons (Fsp3) is 0.938. The Morgan fingerprint density at radius 1 is 1.20 bits per heavy atom. The summed E-state index contributed by atoms with van der Waals surface area (Å²) in [4.78, 5) is 12.1. The molecule has 7 atom stereocenters. The van der Waals surface area contributed by atoms with E-state index in [2.05, 4.69) is 0 Å². The van der Waals surface area contributed by atoms with Gasteiger partial charge in [0.05, 0.1) is 23.4 Å². The number of ether oxygens (including phenoxy) is 1. The van der Waals surface area contributed by atoms with Gasteiger partial charge in [0.15, 0.2) is 0 Å². The number of ketones is 1. The summed E-state index contributed by atoms with van der Waals surface area (Å²) in [5, 5.41) is 21.5. The molecule has 2 heterocycles. The second-order valence-corrected chi connectivity index (χ2v) is 7.59. The van der Waals surface area contributed by atoms with Crippen LogP contribution in [0.2, 0.25) is 0 Å². The van der Waals surface area contributed by atoms with Crippen LogP contribution >= 0.6 is 0 Å². The third-order valence-electron chi connectivity index (χ3n) is 6.16. The minimum Gasteiger partial charge on any atom is -0.390 e. The maximum absolute atomic E-state index is 12.1. The van der Waals surface area contributed by atoms with E-state index >= 15 is 0 Å². The van der Waals surface area contributed by atoms with E-state index in [1.54, 1.807) is 0 Å². The SMILES string of the molecule is C[C@@H]1C(=O)C[C@H]2[C@H]1CC[C@@](C)(O)[C@H]1CC[C@](C)(O1)[C@@H]2O. The van der Waals surface area contributed by atoms with Crippen LogP contribution in [0.3, 0.4) is 0 Å². The number of hydrogen-bond acceptors (Lipinski definition) is 4. The molecular formula is C16H26O4. The summed E-state index contributed by atoms with van der Waals surface area (Å²) in [5.74, 6) is 0.391. The highest BCUT2D eigenvalue weighted by Gasteiger charge is 2.55. The first-order valence-electron chi connectivity index (χ1n) is 7.85. The Bertz CT molecular complexity index is 419. The number of fused-ring (bicyclic) bond motifs is 3. The van der Waals surface area contributed by atoms with Crippen LogP contribution in [0.4, 0.5) is 0 Å². The highest BCUT2D eigenvalue weighted by molar-refractivity contribution is 5.83. The summed E-state index contributed by atoms with van der Waals surface area (Å²) in [5.41, 5.74) is -1.48. The fourth-order valence-corrected chi connectivity index (χ4v) is 4.58. The highest BCUT2D eigenvalue weighted by atomic mass is 16.5. The first-order valence-corrected chi connectivity index (χ1v) is 7.85. The molecule has 1 saturated carbocycles. The van der Waals surface area contributed by atoms with Crippen LogP contribution < -0.4 is 0 Å². The molecular weight excluding hydrogens is 256 g/mol. The zero-order chi connectivity index (χ0) is 14.7. The molecule has 20 heavy (non-hydrogen) atoms. The lowest BCUT2D eigenvalue weighted by Crippen LogP contribution is -2.46. The van der Waals surface area contributed by atoms with Gasteiger partial charge in [-0.25, -0.2) is 0 Å². The maximum Gasteiger partial charge on any atom is 0.136 e. The molecule has 0 unspecified atom stereocenters. The molecule has 0 aromatic heterocycles. The average Bonchev–Trinajstić information content (AvgIpc) is 2.91.